The molecule has 0 N–H and O–H groups in total. The van der Waals surface area contributed by atoms with Crippen LogP contribution >= 0.6 is 0 Å². The fourth-order valence-electron chi connectivity index (χ4n) is 12.4. The molecule has 0 spiro atoms. The molecule has 0 bridgehead atoms. The first kappa shape index (κ1) is 43.6. The van der Waals surface area contributed by atoms with Gasteiger partial charge in [-0.2, -0.15) is 0 Å². The Balaban J connectivity index is 0.819. The lowest BCUT2D eigenvalue weighted by atomic mass is 9.68. The van der Waals surface area contributed by atoms with Gasteiger partial charge in [-0.05, 0) is 128 Å². The topological polar surface area (TPSA) is 21.3 Å². The van der Waals surface area contributed by atoms with Gasteiger partial charge in [0.2, 0.25) is 0 Å². The molecular weight excluding hydrogens is 921 g/mol. The molecule has 2 heterocycles. The van der Waals surface area contributed by atoms with Crippen LogP contribution in [0.15, 0.2) is 296 Å². The van der Waals surface area contributed by atoms with E-state index in [9.17, 15) is 0 Å². The van der Waals surface area contributed by atoms with Gasteiger partial charge in [0.05, 0.1) is 16.4 Å². The number of aromatic nitrogens is 1. The van der Waals surface area contributed by atoms with Gasteiger partial charge in [-0.3, -0.25) is 0 Å². The first-order valence-corrected chi connectivity index (χ1v) is 26.1. The van der Waals surface area contributed by atoms with Crippen LogP contribution in [0.1, 0.15) is 22.3 Å². The van der Waals surface area contributed by atoms with E-state index >= 15 is 0 Å². The Hall–Kier alpha value is -9.96. The quantitative estimate of drug-likeness (QED) is 0.144. The molecule has 2 aromatic heterocycles. The van der Waals surface area contributed by atoms with Crippen molar-refractivity contribution in [1.29, 1.82) is 0 Å². The summed E-state index contributed by atoms with van der Waals surface area (Å²) in [7, 11) is 0. The number of furan rings is 1. The summed E-state index contributed by atoms with van der Waals surface area (Å²) in [4.78, 5) is 2.41. The van der Waals surface area contributed by atoms with Crippen molar-refractivity contribution in [2.45, 2.75) is 5.41 Å². The Morgan fingerprint density at radius 1 is 0.303 bits per heavy atom. The van der Waals surface area contributed by atoms with Gasteiger partial charge >= 0.3 is 0 Å². The van der Waals surface area contributed by atoms with Crippen molar-refractivity contribution in [2.75, 3.05) is 4.90 Å². The van der Waals surface area contributed by atoms with Gasteiger partial charge in [-0.15, -0.1) is 0 Å². The Morgan fingerprint density at radius 3 is 1.37 bits per heavy atom. The molecule has 0 atom stereocenters. The average molecular weight is 969 g/mol. The van der Waals surface area contributed by atoms with E-state index in [1.165, 1.54) is 60.8 Å². The third-order valence-corrected chi connectivity index (χ3v) is 15.9. The largest absolute Gasteiger partial charge is 0.455 e. The van der Waals surface area contributed by atoms with Crippen LogP contribution in [0.3, 0.4) is 0 Å². The van der Waals surface area contributed by atoms with Crippen molar-refractivity contribution in [2.24, 2.45) is 0 Å². The number of hydrogen-bond acceptors (Lipinski definition) is 2. The Labute approximate surface area is 441 Å². The minimum Gasteiger partial charge on any atom is -0.455 e. The molecule has 1 aliphatic rings. The van der Waals surface area contributed by atoms with Crippen molar-refractivity contribution in [3.63, 3.8) is 0 Å². The van der Waals surface area contributed by atoms with E-state index in [0.29, 0.717) is 0 Å². The molecule has 1 aliphatic carbocycles. The van der Waals surface area contributed by atoms with Crippen molar-refractivity contribution in [3.8, 4) is 50.2 Å². The highest BCUT2D eigenvalue weighted by Crippen LogP contribution is 2.57. The second-order valence-corrected chi connectivity index (χ2v) is 20.0. The van der Waals surface area contributed by atoms with Crippen LogP contribution in [-0.4, -0.2) is 4.57 Å². The summed E-state index contributed by atoms with van der Waals surface area (Å²) in [6.45, 7) is 0. The summed E-state index contributed by atoms with van der Waals surface area (Å²) in [6, 6.07) is 106. The van der Waals surface area contributed by atoms with Crippen LogP contribution in [0.5, 0.6) is 0 Å². The molecule has 0 fully saturated rings. The monoisotopic (exact) mass is 968 g/mol. The van der Waals surface area contributed by atoms with E-state index in [1.807, 2.05) is 12.1 Å². The molecule has 0 radical (unpaired) electrons. The van der Waals surface area contributed by atoms with Crippen LogP contribution in [0.4, 0.5) is 17.1 Å². The summed E-state index contributed by atoms with van der Waals surface area (Å²) < 4.78 is 8.79. The van der Waals surface area contributed by atoms with E-state index in [2.05, 4.69) is 289 Å². The van der Waals surface area contributed by atoms with Crippen LogP contribution in [0.2, 0.25) is 0 Å². The summed E-state index contributed by atoms with van der Waals surface area (Å²) in [5.74, 6) is 0. The summed E-state index contributed by atoms with van der Waals surface area (Å²) in [6.07, 6.45) is 0. The number of rotatable bonds is 9. The van der Waals surface area contributed by atoms with E-state index in [-0.39, 0.29) is 0 Å². The van der Waals surface area contributed by atoms with E-state index < -0.39 is 5.41 Å². The molecule has 3 heteroatoms. The van der Waals surface area contributed by atoms with E-state index in [0.717, 1.165) is 72.5 Å². The van der Waals surface area contributed by atoms with Gasteiger partial charge in [0.25, 0.3) is 0 Å². The fraction of sp³-hybridized carbons (Fsp3) is 0.0137. The van der Waals surface area contributed by atoms with Gasteiger partial charge in [0.1, 0.15) is 11.2 Å². The zero-order valence-corrected chi connectivity index (χ0v) is 41.5. The number of hydrogen-bond donors (Lipinski definition) is 0. The maximum atomic E-state index is 6.42. The predicted octanol–water partition coefficient (Wildman–Crippen LogP) is 19.5. The normalized spacial score (nSPS) is 12.6. The number of para-hydroxylation sites is 4. The van der Waals surface area contributed by atoms with Crippen LogP contribution in [0, 0.1) is 0 Å². The zero-order chi connectivity index (χ0) is 50.2. The Bertz CT molecular complexity index is 4380. The van der Waals surface area contributed by atoms with Crippen molar-refractivity contribution < 1.29 is 4.42 Å². The Kier molecular flexibility index (Phi) is 10.1. The van der Waals surface area contributed by atoms with Crippen LogP contribution in [0.25, 0.3) is 93.9 Å². The van der Waals surface area contributed by atoms with Gasteiger partial charge in [-0.1, -0.05) is 224 Å². The molecule has 15 rings (SSSR count). The lowest BCUT2D eigenvalue weighted by Crippen LogP contribution is -2.28. The molecule has 76 heavy (non-hydrogen) atoms. The summed E-state index contributed by atoms with van der Waals surface area (Å²) >= 11 is 0. The van der Waals surface area contributed by atoms with Crippen molar-refractivity contribution in [3.05, 3.63) is 313 Å². The third-order valence-electron chi connectivity index (χ3n) is 15.9. The number of fused-ring (bicyclic) bond motifs is 9. The minimum atomic E-state index is -0.480. The average Bonchev–Trinajstić information content (AvgIpc) is 4.20. The highest BCUT2D eigenvalue weighted by atomic mass is 16.3. The Morgan fingerprint density at radius 2 is 0.750 bits per heavy atom. The fourth-order valence-corrected chi connectivity index (χ4v) is 12.4. The van der Waals surface area contributed by atoms with Gasteiger partial charge < -0.3 is 13.9 Å². The summed E-state index contributed by atoms with van der Waals surface area (Å²) in [5, 5.41) is 4.80. The second-order valence-electron chi connectivity index (χ2n) is 20.0. The zero-order valence-electron chi connectivity index (χ0n) is 41.5. The first-order valence-electron chi connectivity index (χ1n) is 26.1. The lowest BCUT2D eigenvalue weighted by Gasteiger charge is -2.34. The van der Waals surface area contributed by atoms with E-state index in [4.69, 9.17) is 4.42 Å². The molecule has 14 aromatic rings. The number of anilines is 3. The highest BCUT2D eigenvalue weighted by molar-refractivity contribution is 6.10. The first-order chi connectivity index (χ1) is 37.7. The van der Waals surface area contributed by atoms with Gasteiger partial charge in [0, 0.05) is 49.9 Å². The molecule has 0 saturated carbocycles. The molecule has 0 unspecified atom stereocenters. The predicted molar refractivity (Wildman–Crippen MR) is 316 cm³/mol. The maximum Gasteiger partial charge on any atom is 0.143 e. The molecule has 356 valence electrons. The van der Waals surface area contributed by atoms with Gasteiger partial charge in [-0.25, -0.2) is 0 Å². The highest BCUT2D eigenvalue weighted by Gasteiger charge is 2.46. The third kappa shape index (κ3) is 6.83. The molecular formula is C73H48N2O. The lowest BCUT2D eigenvalue weighted by molar-refractivity contribution is 0.670. The number of benzene rings is 12. The van der Waals surface area contributed by atoms with Crippen LogP contribution < -0.4 is 4.90 Å². The molecule has 3 nitrogen and oxygen atoms in total. The summed E-state index contributed by atoms with van der Waals surface area (Å²) in [5.41, 5.74) is 22.6. The second kappa shape index (κ2) is 17.6. The van der Waals surface area contributed by atoms with Crippen LogP contribution in [-0.2, 0) is 5.41 Å². The number of nitrogens with zero attached hydrogens (tertiary/aromatic N) is 2. The smallest absolute Gasteiger partial charge is 0.143 e. The molecule has 0 amide bonds. The molecule has 0 saturated heterocycles. The molecule has 12 aromatic carbocycles. The molecule has 0 aliphatic heterocycles. The minimum absolute atomic E-state index is 0.480. The van der Waals surface area contributed by atoms with Gasteiger partial charge in [0.15, 0.2) is 0 Å². The van der Waals surface area contributed by atoms with Crippen molar-refractivity contribution >= 4 is 60.8 Å². The standard InChI is InChI=1S/C73H48N2O/c1-3-16-54(17-4-1)73(55-18-5-2-6-19-55)67-26-11-7-20-61(67)66-48-59(46-47-68(66)73)74(56-40-34-50(35-41-56)49-30-32-53(33-31-49)60-24-15-25-65-64-23-10-14-29-71(64)76-72(60)65)57-42-36-51(37-43-57)52-38-44-58(45-39-52)75-69-27-12-8-21-62(69)63-22-9-13-28-70(63)75/h1-48H. The maximum absolute atomic E-state index is 6.42. The van der Waals surface area contributed by atoms with Crippen molar-refractivity contribution in [1.82, 2.24) is 4.57 Å². The van der Waals surface area contributed by atoms with E-state index in [1.54, 1.807) is 0 Å². The SMILES string of the molecule is c1ccc(C2(c3ccccc3)c3ccccc3-c3cc(N(c4ccc(-c5ccc(-c6cccc7c6oc6ccccc67)cc5)cc4)c4ccc(-c5ccc(-n6c7ccccc7c7ccccc76)cc5)cc4)ccc32)cc1.